The Morgan fingerprint density at radius 3 is 0.333 bits per heavy atom. The summed E-state index contributed by atoms with van der Waals surface area (Å²) in [6, 6.07) is 0. The molecule has 0 atom stereocenters. The SMILES string of the molecule is O.O.O.O.O.[OH-]. The molecule has 6 heavy (non-hydrogen) atoms. The molecule has 0 heterocycles. The maximum Gasteiger partial charge on any atom is -0.412 e. The Kier molecular flexibility index (Phi) is 441000. The maximum atomic E-state index is 0. The van der Waals surface area contributed by atoms with E-state index in [1.165, 1.54) is 0 Å². The van der Waals surface area contributed by atoms with Crippen LogP contribution in [0.2, 0.25) is 0 Å². The van der Waals surface area contributed by atoms with Crippen LogP contribution in [-0.4, -0.2) is 32.9 Å². The van der Waals surface area contributed by atoms with E-state index in [9.17, 15) is 0 Å². The van der Waals surface area contributed by atoms with E-state index in [-0.39, 0.29) is 32.9 Å². The molecular weight excluding hydrogens is 96.0 g/mol. The second-order valence-corrected chi connectivity index (χ2v) is 0. The third-order valence-corrected chi connectivity index (χ3v) is 0. The van der Waals surface area contributed by atoms with E-state index < -0.39 is 0 Å². The van der Waals surface area contributed by atoms with Crippen molar-refractivity contribution in [3.8, 4) is 0 Å². The first-order chi connectivity index (χ1) is 0. The van der Waals surface area contributed by atoms with Gasteiger partial charge >= 0.3 is 0 Å². The lowest BCUT2D eigenvalue weighted by Gasteiger charge is -0.870. The molecule has 0 saturated heterocycles. The van der Waals surface area contributed by atoms with Crippen LogP contribution in [0.25, 0.3) is 0 Å². The highest BCUT2D eigenvalue weighted by Gasteiger charge is -0.407. The second-order valence-electron chi connectivity index (χ2n) is 0. The van der Waals surface area contributed by atoms with Gasteiger partial charge in [0, 0.05) is 0 Å². The first-order valence-corrected chi connectivity index (χ1v) is 0. The molecular formula is H11O6-. The summed E-state index contributed by atoms with van der Waals surface area (Å²) in [6.45, 7) is 0. The van der Waals surface area contributed by atoms with Crippen molar-refractivity contribution >= 4 is 0 Å². The molecule has 0 aliphatic carbocycles. The minimum absolute atomic E-state index is 0. The topological polar surface area (TPSA) is 188 Å². The number of rotatable bonds is 0. The number of hydrogen-bond donors (Lipinski definition) is 0. The van der Waals surface area contributed by atoms with Crippen molar-refractivity contribution in [2.75, 3.05) is 0 Å². The van der Waals surface area contributed by atoms with E-state index in [0.29, 0.717) is 0 Å². The normalized spacial score (nSPS) is 0. The Morgan fingerprint density at radius 1 is 0.333 bits per heavy atom. The van der Waals surface area contributed by atoms with Crippen LogP contribution in [0.5, 0.6) is 0 Å². The average molecular weight is 107 g/mol. The monoisotopic (exact) mass is 107 g/mol. The molecule has 0 rings (SSSR count). The van der Waals surface area contributed by atoms with Crippen LogP contribution in [0, 0.1) is 0 Å². The van der Waals surface area contributed by atoms with Gasteiger partial charge in [-0.15, -0.1) is 0 Å². The molecule has 0 aromatic rings. The van der Waals surface area contributed by atoms with Crippen LogP contribution in [0.1, 0.15) is 0 Å². The molecule has 0 aliphatic heterocycles. The van der Waals surface area contributed by atoms with Crippen molar-refractivity contribution in [1.82, 2.24) is 0 Å². The van der Waals surface area contributed by atoms with Crippen molar-refractivity contribution < 1.29 is 32.9 Å². The minimum atomic E-state index is 0. The van der Waals surface area contributed by atoms with E-state index in [4.69, 9.17) is 0 Å². The second kappa shape index (κ2) is 1170. The molecule has 0 aromatic carbocycles. The third-order valence-electron chi connectivity index (χ3n) is 0. The third kappa shape index (κ3) is 497. The Hall–Kier alpha value is -0.240. The molecule has 0 fully saturated rings. The van der Waals surface area contributed by atoms with Gasteiger partial charge in [0.05, 0.1) is 0 Å². The molecule has 11 N–H and O–H groups in total. The summed E-state index contributed by atoms with van der Waals surface area (Å²) in [6.07, 6.45) is 0. The van der Waals surface area contributed by atoms with Gasteiger partial charge in [0.15, 0.2) is 0 Å². The molecule has 0 aliphatic rings. The van der Waals surface area contributed by atoms with Crippen molar-refractivity contribution in [1.29, 1.82) is 0 Å². The van der Waals surface area contributed by atoms with Crippen molar-refractivity contribution in [2.24, 2.45) is 0 Å². The lowest BCUT2D eigenvalue weighted by molar-refractivity contribution is 0.823. The first kappa shape index (κ1) is 2270. The molecule has 0 saturated carbocycles. The fraction of sp³-hybridized carbons (Fsp3) is 0. The molecule has 6 nitrogen and oxygen atoms in total. The van der Waals surface area contributed by atoms with Crippen molar-refractivity contribution in [3.05, 3.63) is 0 Å². The van der Waals surface area contributed by atoms with Gasteiger partial charge in [-0.3, -0.25) is 0 Å². The largest absolute Gasteiger partial charge is 0.870 e. The lowest BCUT2D eigenvalue weighted by Crippen LogP contribution is -0.290. The van der Waals surface area contributed by atoms with Crippen molar-refractivity contribution in [3.63, 3.8) is 0 Å². The zero-order valence-electron chi connectivity index (χ0n) is 2.95. The highest BCUT2D eigenvalue weighted by molar-refractivity contribution is 0.829. The van der Waals surface area contributed by atoms with E-state index in [0.717, 1.165) is 0 Å². The molecule has 6 heteroatoms. The lowest BCUT2D eigenvalue weighted by atomic mass is 16.0. The zero-order chi connectivity index (χ0) is 0. The van der Waals surface area contributed by atoms with Crippen LogP contribution in [0.3, 0.4) is 0 Å². The zero-order valence-corrected chi connectivity index (χ0v) is 2.95. The molecule has 0 amide bonds. The summed E-state index contributed by atoms with van der Waals surface area (Å²) in [5, 5.41) is 0. The fourth-order valence-electron chi connectivity index (χ4n) is 0. The highest BCUT2D eigenvalue weighted by atomic mass is 16.0. The highest BCUT2D eigenvalue weighted by Crippen LogP contribution is -0.284. The van der Waals surface area contributed by atoms with Crippen LogP contribution in [0.4, 0.5) is 0 Å². The Balaban J connectivity index is 0. The van der Waals surface area contributed by atoms with Crippen LogP contribution in [-0.2, 0) is 0 Å². The molecule has 0 unspecified atom stereocenters. The number of hydrogen-bond acceptors (Lipinski definition) is 1. The van der Waals surface area contributed by atoms with Gasteiger partial charge in [0.25, 0.3) is 0 Å². The van der Waals surface area contributed by atoms with Crippen molar-refractivity contribution in [2.45, 2.75) is 0 Å². The first-order valence-electron chi connectivity index (χ1n) is 0. The molecule has 0 radical (unpaired) electrons. The van der Waals surface area contributed by atoms with E-state index in [2.05, 4.69) is 0 Å². The predicted octanol–water partition coefficient (Wildman–Crippen LogP) is -4.30. The Morgan fingerprint density at radius 2 is 0.333 bits per heavy atom. The molecule has 48 valence electrons. The maximum absolute atomic E-state index is 0. The summed E-state index contributed by atoms with van der Waals surface area (Å²) in [4.78, 5) is 0. The van der Waals surface area contributed by atoms with Crippen LogP contribution < -0.4 is 0 Å². The molecule has 0 bridgehead atoms. The van der Waals surface area contributed by atoms with E-state index in [1.54, 1.807) is 0 Å². The summed E-state index contributed by atoms with van der Waals surface area (Å²) in [7, 11) is 0. The van der Waals surface area contributed by atoms with Gasteiger partial charge in [-0.2, -0.15) is 0 Å². The Labute approximate surface area is 34.3 Å². The molecule has 0 spiro atoms. The standard InChI is InChI=1S/6H2O/h6*1H2/p-1. The fourth-order valence-corrected chi connectivity index (χ4v) is 0. The van der Waals surface area contributed by atoms with Gasteiger partial charge < -0.3 is 32.9 Å². The average Bonchev–Trinajstić information content (AvgIpc) is 0. The van der Waals surface area contributed by atoms with Crippen LogP contribution >= 0.6 is 0 Å². The minimum Gasteiger partial charge on any atom is -0.870 e. The summed E-state index contributed by atoms with van der Waals surface area (Å²) >= 11 is 0. The quantitative estimate of drug-likeness (QED) is 0.297. The van der Waals surface area contributed by atoms with Gasteiger partial charge in [0.1, 0.15) is 0 Å². The van der Waals surface area contributed by atoms with Gasteiger partial charge in [-0.25, -0.2) is 0 Å². The smallest absolute Gasteiger partial charge is 0.412 e. The Bertz CT molecular complexity index is 0. The molecule has 0 aromatic heterocycles. The van der Waals surface area contributed by atoms with E-state index >= 15 is 0 Å². The predicted molar refractivity (Wildman–Crippen MR) is 20.0 cm³/mol. The summed E-state index contributed by atoms with van der Waals surface area (Å²) in [5.41, 5.74) is 0. The van der Waals surface area contributed by atoms with Gasteiger partial charge in [0.2, 0.25) is 0 Å². The van der Waals surface area contributed by atoms with Crippen LogP contribution in [0.15, 0.2) is 0 Å². The van der Waals surface area contributed by atoms with Gasteiger partial charge in [-0.05, 0) is 0 Å². The van der Waals surface area contributed by atoms with Gasteiger partial charge in [-0.1, -0.05) is 0 Å². The van der Waals surface area contributed by atoms with E-state index in [1.807, 2.05) is 0 Å². The summed E-state index contributed by atoms with van der Waals surface area (Å²) in [5.74, 6) is 0. The summed E-state index contributed by atoms with van der Waals surface area (Å²) < 4.78 is 0.